The molecule has 0 aromatic carbocycles. The highest BCUT2D eigenvalue weighted by atomic mass is 16.4. The quantitative estimate of drug-likeness (QED) is 0.275. The van der Waals surface area contributed by atoms with E-state index in [4.69, 9.17) is 21.7 Å². The maximum Gasteiger partial charge on any atom is 0.326 e. The summed E-state index contributed by atoms with van der Waals surface area (Å²) in [6.45, 7) is 0.243. The molecular weight excluding hydrogens is 344 g/mol. The summed E-state index contributed by atoms with van der Waals surface area (Å²) >= 11 is 0. The lowest BCUT2D eigenvalue weighted by atomic mass is 9.71. The lowest BCUT2D eigenvalue weighted by Gasteiger charge is -2.35. The number of amides is 2. The Labute approximate surface area is 151 Å². The highest BCUT2D eigenvalue weighted by molar-refractivity contribution is 5.89. The van der Waals surface area contributed by atoms with Crippen LogP contribution < -0.4 is 22.1 Å². The van der Waals surface area contributed by atoms with Crippen molar-refractivity contribution in [3.05, 3.63) is 0 Å². The van der Waals surface area contributed by atoms with Gasteiger partial charge in [0.2, 0.25) is 11.8 Å². The molecule has 0 heterocycles. The molecule has 0 unspecified atom stereocenters. The van der Waals surface area contributed by atoms with Gasteiger partial charge in [0.05, 0.1) is 6.42 Å². The molecule has 1 aliphatic rings. The van der Waals surface area contributed by atoms with Crippen LogP contribution in [-0.2, 0) is 19.2 Å². The number of hydrogen-bond acceptors (Lipinski definition) is 6. The van der Waals surface area contributed by atoms with Crippen molar-refractivity contribution in [1.29, 1.82) is 0 Å². The molecule has 2 atom stereocenters. The van der Waals surface area contributed by atoms with Crippen molar-refractivity contribution in [2.24, 2.45) is 16.9 Å². The normalized spacial score (nSPS) is 18.4. The molecule has 10 heteroatoms. The van der Waals surface area contributed by atoms with Gasteiger partial charge >= 0.3 is 11.9 Å². The van der Waals surface area contributed by atoms with Gasteiger partial charge in [0.15, 0.2) is 0 Å². The van der Waals surface area contributed by atoms with Crippen LogP contribution in [0.3, 0.4) is 0 Å². The van der Waals surface area contributed by atoms with Crippen molar-refractivity contribution in [3.8, 4) is 0 Å². The Balaban J connectivity index is 2.47. The number of aliphatic carboxylic acids is 2. The van der Waals surface area contributed by atoms with Gasteiger partial charge in [-0.05, 0) is 24.8 Å². The van der Waals surface area contributed by atoms with Crippen molar-refractivity contribution in [2.45, 2.75) is 57.0 Å². The van der Waals surface area contributed by atoms with E-state index in [-0.39, 0.29) is 24.3 Å². The first kappa shape index (κ1) is 21.8. The molecule has 2 amide bonds. The molecule has 0 bridgehead atoms. The van der Waals surface area contributed by atoms with Gasteiger partial charge in [0, 0.05) is 13.0 Å². The van der Waals surface area contributed by atoms with E-state index in [0.29, 0.717) is 6.54 Å². The fraction of sp³-hybridized carbons (Fsp3) is 0.750. The van der Waals surface area contributed by atoms with Gasteiger partial charge in [0.1, 0.15) is 12.1 Å². The Morgan fingerprint density at radius 1 is 1.08 bits per heavy atom. The second-order valence-corrected chi connectivity index (χ2v) is 6.85. The minimum absolute atomic E-state index is 0.176. The monoisotopic (exact) mass is 372 g/mol. The first-order valence-electron chi connectivity index (χ1n) is 8.66. The van der Waals surface area contributed by atoms with Crippen LogP contribution in [0.2, 0.25) is 0 Å². The molecule has 1 rings (SSSR count). The molecule has 8 N–H and O–H groups in total. The Morgan fingerprint density at radius 3 is 2.19 bits per heavy atom. The third kappa shape index (κ3) is 6.96. The smallest absolute Gasteiger partial charge is 0.326 e. The van der Waals surface area contributed by atoms with E-state index in [1.54, 1.807) is 0 Å². The summed E-state index contributed by atoms with van der Waals surface area (Å²) in [5.74, 6) is -3.94. The molecular formula is C16H28N4O6. The summed E-state index contributed by atoms with van der Waals surface area (Å²) in [5, 5.41) is 22.2. The molecule has 10 nitrogen and oxygen atoms in total. The standard InChI is InChI=1S/C16H28N4O6/c17-9-16(4-2-1-3-5-16)7-12(21)19-8-10(18)14(24)20-11(15(25)26)6-13(22)23/h10-11H,1-9,17-18H2,(H,19,21)(H,20,24)(H,22,23)(H,25,26)/t10-,11-/m0/s1. The van der Waals surface area contributed by atoms with Gasteiger partial charge in [0.25, 0.3) is 0 Å². The number of nitrogens with one attached hydrogen (secondary N) is 2. The maximum atomic E-state index is 12.2. The number of carbonyl (C=O) groups excluding carboxylic acids is 2. The first-order chi connectivity index (χ1) is 12.2. The Hall–Kier alpha value is -2.20. The summed E-state index contributed by atoms with van der Waals surface area (Å²) < 4.78 is 0. The summed E-state index contributed by atoms with van der Waals surface area (Å²) in [6.07, 6.45) is 4.47. The predicted molar refractivity (Wildman–Crippen MR) is 92.0 cm³/mol. The van der Waals surface area contributed by atoms with Crippen LogP contribution in [-0.4, -0.2) is 59.1 Å². The van der Waals surface area contributed by atoms with Crippen LogP contribution in [0, 0.1) is 5.41 Å². The van der Waals surface area contributed by atoms with Crippen LogP contribution in [0.25, 0.3) is 0 Å². The van der Waals surface area contributed by atoms with E-state index in [0.717, 1.165) is 32.1 Å². The van der Waals surface area contributed by atoms with Gasteiger partial charge in [-0.25, -0.2) is 4.79 Å². The van der Waals surface area contributed by atoms with Crippen molar-refractivity contribution in [1.82, 2.24) is 10.6 Å². The molecule has 0 radical (unpaired) electrons. The minimum atomic E-state index is -1.58. The number of carboxylic acid groups (broad SMARTS) is 2. The fourth-order valence-electron chi connectivity index (χ4n) is 3.13. The molecule has 0 aromatic heterocycles. The lowest BCUT2D eigenvalue weighted by Crippen LogP contribution is -2.53. The van der Waals surface area contributed by atoms with Gasteiger partial charge in [-0.1, -0.05) is 19.3 Å². The topological polar surface area (TPSA) is 185 Å². The van der Waals surface area contributed by atoms with E-state index < -0.39 is 36.4 Å². The molecule has 1 saturated carbocycles. The number of carboxylic acids is 2. The highest BCUT2D eigenvalue weighted by Gasteiger charge is 2.33. The Morgan fingerprint density at radius 2 is 1.69 bits per heavy atom. The van der Waals surface area contributed by atoms with Crippen LogP contribution in [0.15, 0.2) is 0 Å². The summed E-state index contributed by atoms with van der Waals surface area (Å²) in [6, 6.07) is -2.76. The zero-order chi connectivity index (χ0) is 19.7. The molecule has 0 aromatic rings. The molecule has 0 aliphatic heterocycles. The summed E-state index contributed by atoms with van der Waals surface area (Å²) in [7, 11) is 0. The largest absolute Gasteiger partial charge is 0.481 e. The number of nitrogens with two attached hydrogens (primary N) is 2. The number of hydrogen-bond donors (Lipinski definition) is 6. The third-order valence-corrected chi connectivity index (χ3v) is 4.73. The van der Waals surface area contributed by atoms with Crippen molar-refractivity contribution in [2.75, 3.05) is 13.1 Å². The lowest BCUT2D eigenvalue weighted by molar-refractivity contribution is -0.147. The molecule has 1 aliphatic carbocycles. The second-order valence-electron chi connectivity index (χ2n) is 6.85. The molecule has 148 valence electrons. The SMILES string of the molecule is NCC1(CC(=O)NC[C@H](N)C(=O)N[C@@H](CC(=O)O)C(=O)O)CCCCC1. The van der Waals surface area contributed by atoms with Crippen LogP contribution in [0.1, 0.15) is 44.9 Å². The number of rotatable bonds is 10. The maximum absolute atomic E-state index is 12.2. The average Bonchev–Trinajstić information content (AvgIpc) is 2.59. The van der Waals surface area contributed by atoms with Crippen molar-refractivity contribution in [3.63, 3.8) is 0 Å². The Bertz CT molecular complexity index is 533. The van der Waals surface area contributed by atoms with E-state index in [2.05, 4.69) is 10.6 Å². The summed E-state index contributed by atoms with van der Waals surface area (Å²) in [5.41, 5.74) is 11.3. The Kier molecular flexibility index (Phi) is 8.46. The zero-order valence-electron chi connectivity index (χ0n) is 14.7. The van der Waals surface area contributed by atoms with Crippen molar-refractivity contribution < 1.29 is 29.4 Å². The van der Waals surface area contributed by atoms with Gasteiger partial charge in [-0.15, -0.1) is 0 Å². The van der Waals surface area contributed by atoms with Gasteiger partial charge < -0.3 is 32.3 Å². The third-order valence-electron chi connectivity index (χ3n) is 4.73. The summed E-state index contributed by atoms with van der Waals surface area (Å²) in [4.78, 5) is 45.6. The van der Waals surface area contributed by atoms with Gasteiger partial charge in [-0.3, -0.25) is 14.4 Å². The first-order valence-corrected chi connectivity index (χ1v) is 8.66. The van der Waals surface area contributed by atoms with Crippen molar-refractivity contribution >= 4 is 23.8 Å². The van der Waals surface area contributed by atoms with Crippen LogP contribution in [0.5, 0.6) is 0 Å². The molecule has 0 spiro atoms. The predicted octanol–water partition coefficient (Wildman–Crippen LogP) is -1.23. The molecule has 26 heavy (non-hydrogen) atoms. The molecule has 0 saturated heterocycles. The van der Waals surface area contributed by atoms with Crippen LogP contribution in [0.4, 0.5) is 0 Å². The number of carbonyl (C=O) groups is 4. The fourth-order valence-corrected chi connectivity index (χ4v) is 3.13. The van der Waals surface area contributed by atoms with E-state index in [9.17, 15) is 19.2 Å². The van der Waals surface area contributed by atoms with E-state index in [1.165, 1.54) is 0 Å². The van der Waals surface area contributed by atoms with Gasteiger partial charge in [-0.2, -0.15) is 0 Å². The second kappa shape index (κ2) is 10.1. The van der Waals surface area contributed by atoms with Crippen LogP contribution >= 0.6 is 0 Å². The van der Waals surface area contributed by atoms with E-state index >= 15 is 0 Å². The average molecular weight is 372 g/mol. The molecule has 1 fully saturated rings. The van der Waals surface area contributed by atoms with E-state index in [1.807, 2.05) is 0 Å². The highest BCUT2D eigenvalue weighted by Crippen LogP contribution is 2.38. The zero-order valence-corrected chi connectivity index (χ0v) is 14.7. The minimum Gasteiger partial charge on any atom is -0.481 e.